The third-order valence-corrected chi connectivity index (χ3v) is 9.93. The average Bonchev–Trinajstić information content (AvgIpc) is 3.10. The molecule has 0 saturated carbocycles. The summed E-state index contributed by atoms with van der Waals surface area (Å²) >= 11 is 0. The first-order valence-electron chi connectivity index (χ1n) is 22.0. The highest BCUT2D eigenvalue weighted by Gasteiger charge is 2.31. The van der Waals surface area contributed by atoms with Gasteiger partial charge in [-0.1, -0.05) is 180 Å². The van der Waals surface area contributed by atoms with Crippen molar-refractivity contribution in [1.29, 1.82) is 0 Å². The number of rotatable bonds is 37. The number of hydrogen-bond acceptors (Lipinski definition) is 3. The summed E-state index contributed by atoms with van der Waals surface area (Å²) in [6.45, 7) is 10.9. The van der Waals surface area contributed by atoms with Gasteiger partial charge >= 0.3 is 0 Å². The molecular formula is C46H87N3O2. The molecule has 51 heavy (non-hydrogen) atoms. The summed E-state index contributed by atoms with van der Waals surface area (Å²) in [6, 6.07) is -0.393. The lowest BCUT2D eigenvalue weighted by Gasteiger charge is -2.34. The maximum atomic E-state index is 13.6. The van der Waals surface area contributed by atoms with E-state index in [4.69, 9.17) is 0 Å². The van der Waals surface area contributed by atoms with Crippen molar-refractivity contribution in [1.82, 2.24) is 15.1 Å². The number of nitrogens with one attached hydrogen (secondary N) is 1. The van der Waals surface area contributed by atoms with E-state index >= 15 is 0 Å². The Balaban J connectivity index is 4.33. The summed E-state index contributed by atoms with van der Waals surface area (Å²) in [5.74, 6) is 0.257. The molecule has 1 atom stereocenters. The number of carbonyl (C=O) groups is 2. The van der Waals surface area contributed by atoms with Crippen LogP contribution in [0.4, 0.5) is 0 Å². The van der Waals surface area contributed by atoms with Gasteiger partial charge in [0.05, 0.1) is 0 Å². The zero-order chi connectivity index (χ0) is 37.6. The lowest BCUT2D eigenvalue weighted by atomic mass is 9.99. The van der Waals surface area contributed by atoms with Crippen molar-refractivity contribution in [2.75, 3.05) is 33.7 Å². The molecule has 1 unspecified atom stereocenters. The van der Waals surface area contributed by atoms with E-state index in [1.54, 1.807) is 0 Å². The van der Waals surface area contributed by atoms with Crippen LogP contribution >= 0.6 is 0 Å². The van der Waals surface area contributed by atoms with Gasteiger partial charge in [-0.2, -0.15) is 0 Å². The summed E-state index contributed by atoms with van der Waals surface area (Å²) in [4.78, 5) is 31.1. The maximum Gasteiger partial charge on any atom is 0.243 e. The summed E-state index contributed by atoms with van der Waals surface area (Å²) in [5.41, 5.74) is 0. The van der Waals surface area contributed by atoms with Crippen molar-refractivity contribution in [2.24, 2.45) is 5.92 Å². The minimum atomic E-state index is -0.393. The molecule has 0 rings (SSSR count). The Bertz CT molecular complexity index is 863. The molecular weight excluding hydrogens is 627 g/mol. The van der Waals surface area contributed by atoms with Gasteiger partial charge in [-0.05, 0) is 77.9 Å². The third-order valence-electron chi connectivity index (χ3n) is 9.93. The normalized spacial score (nSPS) is 12.7. The molecule has 0 radical (unpaired) electrons. The molecule has 298 valence electrons. The maximum absolute atomic E-state index is 13.6. The van der Waals surface area contributed by atoms with Gasteiger partial charge in [0.1, 0.15) is 6.04 Å². The van der Waals surface area contributed by atoms with Crippen LogP contribution in [-0.2, 0) is 9.59 Å². The second kappa shape index (κ2) is 37.9. The van der Waals surface area contributed by atoms with Gasteiger partial charge in [0, 0.05) is 19.5 Å². The molecule has 0 aliphatic rings. The van der Waals surface area contributed by atoms with Gasteiger partial charge in [0.2, 0.25) is 11.8 Å². The number of amides is 2. The molecule has 5 heteroatoms. The predicted molar refractivity (Wildman–Crippen MR) is 225 cm³/mol. The highest BCUT2D eigenvalue weighted by Crippen LogP contribution is 2.17. The average molecular weight is 714 g/mol. The molecule has 2 amide bonds. The standard InChI is InChI=1S/C46H87N3O2/c1-7-9-11-13-15-17-19-21-23-25-27-29-31-33-35-37-40-47-46(51)45(43(3)4)49(42-38-41-48(5)6)44(50)39-36-34-32-30-28-26-24-22-20-18-16-14-12-10-8-2/h10,12,16,18,22,24,43,45H,7-9,11,13-15,17,19-21,23,25-42H2,1-6H3,(H,47,51)/b12-10-,18-16-,24-22-. The van der Waals surface area contributed by atoms with Crippen LogP contribution in [0.5, 0.6) is 0 Å². The number of nitrogens with zero attached hydrogens (tertiary/aromatic N) is 2. The summed E-state index contributed by atoms with van der Waals surface area (Å²) in [6.07, 6.45) is 46.3. The van der Waals surface area contributed by atoms with E-state index in [0.717, 1.165) is 57.9 Å². The van der Waals surface area contributed by atoms with Crippen LogP contribution in [0.3, 0.4) is 0 Å². The van der Waals surface area contributed by atoms with E-state index in [2.05, 4.69) is 88.5 Å². The SMILES string of the molecule is CC/C=C\C/C=C\C/C=C\CCCCCCCC(=O)N(CCCN(C)C)C(C(=O)NCCCCCCCCCCCCCCCCCC)C(C)C. The number of allylic oxidation sites excluding steroid dienone is 6. The lowest BCUT2D eigenvalue weighted by molar-refractivity contribution is -0.142. The Morgan fingerprint density at radius 3 is 1.53 bits per heavy atom. The van der Waals surface area contributed by atoms with Gasteiger partial charge in [-0.25, -0.2) is 0 Å². The Kier molecular flexibility index (Phi) is 36.5. The van der Waals surface area contributed by atoms with Crippen molar-refractivity contribution in [3.63, 3.8) is 0 Å². The van der Waals surface area contributed by atoms with Crippen molar-refractivity contribution in [3.05, 3.63) is 36.5 Å². The van der Waals surface area contributed by atoms with Gasteiger partial charge in [0.25, 0.3) is 0 Å². The highest BCUT2D eigenvalue weighted by atomic mass is 16.2. The van der Waals surface area contributed by atoms with Crippen LogP contribution in [0.2, 0.25) is 0 Å². The summed E-state index contributed by atoms with van der Waals surface area (Å²) in [7, 11) is 4.13. The van der Waals surface area contributed by atoms with E-state index in [1.807, 2.05) is 4.90 Å². The second-order valence-corrected chi connectivity index (χ2v) is 15.6. The monoisotopic (exact) mass is 714 g/mol. The molecule has 0 bridgehead atoms. The van der Waals surface area contributed by atoms with E-state index in [9.17, 15) is 9.59 Å². The Morgan fingerprint density at radius 1 is 0.549 bits per heavy atom. The highest BCUT2D eigenvalue weighted by molar-refractivity contribution is 5.87. The predicted octanol–water partition coefficient (Wildman–Crippen LogP) is 12.8. The molecule has 0 aliphatic carbocycles. The smallest absolute Gasteiger partial charge is 0.243 e. The van der Waals surface area contributed by atoms with E-state index in [1.165, 1.54) is 116 Å². The van der Waals surface area contributed by atoms with Gasteiger partial charge < -0.3 is 15.1 Å². The van der Waals surface area contributed by atoms with E-state index < -0.39 is 6.04 Å². The van der Waals surface area contributed by atoms with Crippen LogP contribution in [0.1, 0.15) is 201 Å². The fourth-order valence-electron chi connectivity index (χ4n) is 6.81. The zero-order valence-electron chi connectivity index (χ0n) is 35.0. The van der Waals surface area contributed by atoms with Gasteiger partial charge in [-0.15, -0.1) is 0 Å². The largest absolute Gasteiger partial charge is 0.354 e. The van der Waals surface area contributed by atoms with Crippen LogP contribution < -0.4 is 5.32 Å². The first-order chi connectivity index (χ1) is 24.8. The Labute approximate surface area is 318 Å². The molecule has 5 nitrogen and oxygen atoms in total. The summed E-state index contributed by atoms with van der Waals surface area (Å²) in [5, 5.41) is 3.22. The number of unbranched alkanes of at least 4 members (excludes halogenated alkanes) is 20. The van der Waals surface area contributed by atoms with E-state index in [0.29, 0.717) is 19.5 Å². The third kappa shape index (κ3) is 32.5. The molecule has 0 aromatic carbocycles. The van der Waals surface area contributed by atoms with Crippen LogP contribution in [-0.4, -0.2) is 61.4 Å². The minimum absolute atomic E-state index is 0.0287. The molecule has 0 aliphatic heterocycles. The summed E-state index contributed by atoms with van der Waals surface area (Å²) < 4.78 is 0. The second-order valence-electron chi connectivity index (χ2n) is 15.6. The quantitative estimate of drug-likeness (QED) is 0.0515. The molecule has 0 aromatic heterocycles. The van der Waals surface area contributed by atoms with Crippen molar-refractivity contribution >= 4 is 11.8 Å². The van der Waals surface area contributed by atoms with Gasteiger partial charge in [0.15, 0.2) is 0 Å². The number of carbonyl (C=O) groups excluding carboxylic acids is 2. The zero-order valence-corrected chi connectivity index (χ0v) is 35.0. The molecule has 0 heterocycles. The van der Waals surface area contributed by atoms with Crippen molar-refractivity contribution < 1.29 is 9.59 Å². The van der Waals surface area contributed by atoms with Crippen molar-refractivity contribution in [3.8, 4) is 0 Å². The first-order valence-corrected chi connectivity index (χ1v) is 22.0. The fraction of sp³-hybridized carbons (Fsp3) is 0.826. The molecule has 1 N–H and O–H groups in total. The van der Waals surface area contributed by atoms with Crippen LogP contribution in [0.15, 0.2) is 36.5 Å². The first kappa shape index (κ1) is 49.1. The van der Waals surface area contributed by atoms with Crippen LogP contribution in [0, 0.1) is 5.92 Å². The number of hydrogen-bond donors (Lipinski definition) is 1. The van der Waals surface area contributed by atoms with Crippen LogP contribution in [0.25, 0.3) is 0 Å². The minimum Gasteiger partial charge on any atom is -0.354 e. The Morgan fingerprint density at radius 2 is 1.02 bits per heavy atom. The lowest BCUT2D eigenvalue weighted by Crippen LogP contribution is -2.53. The fourth-order valence-corrected chi connectivity index (χ4v) is 6.81. The molecule has 0 spiro atoms. The van der Waals surface area contributed by atoms with E-state index in [-0.39, 0.29) is 17.7 Å². The van der Waals surface area contributed by atoms with Crippen molar-refractivity contribution in [2.45, 2.75) is 207 Å². The molecule has 0 saturated heterocycles. The van der Waals surface area contributed by atoms with Gasteiger partial charge in [-0.3, -0.25) is 9.59 Å². The Hall–Kier alpha value is -1.88. The topological polar surface area (TPSA) is 52.7 Å². The molecule has 0 fully saturated rings. The molecule has 0 aromatic rings.